The van der Waals surface area contributed by atoms with Gasteiger partial charge in [0.05, 0.1) is 24.1 Å². The summed E-state index contributed by atoms with van der Waals surface area (Å²) in [4.78, 5) is 28.1. The zero-order valence-corrected chi connectivity index (χ0v) is 18.8. The molecule has 1 N–H and O–H groups in total. The summed E-state index contributed by atoms with van der Waals surface area (Å²) in [5.41, 5.74) is 1.79. The van der Waals surface area contributed by atoms with E-state index in [1.807, 2.05) is 50.2 Å². The van der Waals surface area contributed by atoms with E-state index >= 15 is 0 Å². The SMILES string of the molecule is CCOc1ccc(/C(O)=C2/C(=O)C(=O)N(c3cccc4ccccc34)C2c2ccco2)cc1C. The van der Waals surface area contributed by atoms with Gasteiger partial charge in [0.15, 0.2) is 0 Å². The molecule has 0 saturated carbocycles. The standard InChI is InChI=1S/C28H23NO5/c1-3-33-22-14-13-19(16-17(22)2)26(30)24-25(23-12-7-15-34-23)29(28(32)27(24)31)21-11-6-9-18-8-4-5-10-20(18)21/h4-16,25,30H,3H2,1-2H3/b26-24-. The number of fused-ring (bicyclic) bond motifs is 1. The molecule has 2 heterocycles. The highest BCUT2D eigenvalue weighted by atomic mass is 16.5. The summed E-state index contributed by atoms with van der Waals surface area (Å²) in [5.74, 6) is -0.664. The van der Waals surface area contributed by atoms with Crippen molar-refractivity contribution >= 4 is 33.9 Å². The Bertz CT molecular complexity index is 1430. The Hall–Kier alpha value is -4.32. The van der Waals surface area contributed by atoms with Crippen molar-refractivity contribution in [2.45, 2.75) is 19.9 Å². The number of carbonyl (C=O) groups is 2. The summed E-state index contributed by atoms with van der Waals surface area (Å²) in [6.45, 7) is 4.27. The Morgan fingerprint density at radius 1 is 1.03 bits per heavy atom. The third-order valence-electron chi connectivity index (χ3n) is 6.03. The molecule has 3 aromatic carbocycles. The summed E-state index contributed by atoms with van der Waals surface area (Å²) < 4.78 is 11.2. The molecule has 0 bridgehead atoms. The average Bonchev–Trinajstić information content (AvgIpc) is 3.47. The van der Waals surface area contributed by atoms with Crippen LogP contribution in [-0.4, -0.2) is 23.4 Å². The lowest BCUT2D eigenvalue weighted by atomic mass is 9.98. The van der Waals surface area contributed by atoms with Crippen molar-refractivity contribution < 1.29 is 23.8 Å². The Morgan fingerprint density at radius 3 is 2.56 bits per heavy atom. The third kappa shape index (κ3) is 3.44. The molecule has 1 unspecified atom stereocenters. The minimum atomic E-state index is -0.910. The number of aryl methyl sites for hydroxylation is 1. The number of hydrogen-bond donors (Lipinski definition) is 1. The normalized spacial score (nSPS) is 17.5. The Labute approximate surface area is 196 Å². The summed E-state index contributed by atoms with van der Waals surface area (Å²) in [5, 5.41) is 13.1. The van der Waals surface area contributed by atoms with Gasteiger partial charge in [0.2, 0.25) is 0 Å². The van der Waals surface area contributed by atoms with Crippen LogP contribution < -0.4 is 9.64 Å². The van der Waals surface area contributed by atoms with E-state index in [4.69, 9.17) is 9.15 Å². The van der Waals surface area contributed by atoms with Gasteiger partial charge in [-0.25, -0.2) is 0 Å². The van der Waals surface area contributed by atoms with E-state index in [9.17, 15) is 14.7 Å². The molecular weight excluding hydrogens is 430 g/mol. The van der Waals surface area contributed by atoms with E-state index in [0.717, 1.165) is 16.3 Å². The Kier molecular flexibility index (Phi) is 5.42. The summed E-state index contributed by atoms with van der Waals surface area (Å²) >= 11 is 0. The number of furan rings is 1. The number of Topliss-reactive ketones (excluding diaryl/α,β-unsaturated/α-hetero) is 1. The molecule has 1 aliphatic heterocycles. The number of aliphatic hydroxyl groups is 1. The molecule has 5 rings (SSSR count). The molecule has 0 radical (unpaired) electrons. The quantitative estimate of drug-likeness (QED) is 0.236. The lowest BCUT2D eigenvalue weighted by Crippen LogP contribution is -2.29. The fourth-order valence-corrected chi connectivity index (χ4v) is 4.49. The molecule has 0 aliphatic carbocycles. The predicted octanol–water partition coefficient (Wildman–Crippen LogP) is 5.77. The van der Waals surface area contributed by atoms with Crippen molar-refractivity contribution in [3.63, 3.8) is 0 Å². The van der Waals surface area contributed by atoms with Crippen LogP contribution in [0.4, 0.5) is 5.69 Å². The van der Waals surface area contributed by atoms with Gasteiger partial charge in [-0.3, -0.25) is 14.5 Å². The van der Waals surface area contributed by atoms with Gasteiger partial charge in [-0.2, -0.15) is 0 Å². The molecule has 1 saturated heterocycles. The second-order valence-corrected chi connectivity index (χ2v) is 8.10. The van der Waals surface area contributed by atoms with Crippen molar-refractivity contribution in [1.29, 1.82) is 0 Å². The molecule has 1 aromatic heterocycles. The van der Waals surface area contributed by atoms with Crippen LogP contribution in [0.1, 0.15) is 29.9 Å². The number of carbonyl (C=O) groups excluding carboxylic acids is 2. The first-order chi connectivity index (χ1) is 16.5. The lowest BCUT2D eigenvalue weighted by molar-refractivity contribution is -0.132. The fraction of sp³-hybridized carbons (Fsp3) is 0.143. The molecule has 170 valence electrons. The van der Waals surface area contributed by atoms with Crippen molar-refractivity contribution in [3.8, 4) is 5.75 Å². The van der Waals surface area contributed by atoms with Gasteiger partial charge in [-0.05, 0) is 61.2 Å². The van der Waals surface area contributed by atoms with E-state index in [2.05, 4.69) is 0 Å². The van der Waals surface area contributed by atoms with Crippen LogP contribution in [0.25, 0.3) is 16.5 Å². The minimum Gasteiger partial charge on any atom is -0.507 e. The van der Waals surface area contributed by atoms with Gasteiger partial charge in [0.25, 0.3) is 11.7 Å². The van der Waals surface area contributed by atoms with E-state index in [1.165, 1.54) is 11.2 Å². The first kappa shape index (κ1) is 21.5. The van der Waals surface area contributed by atoms with Crippen LogP contribution in [0.2, 0.25) is 0 Å². The van der Waals surface area contributed by atoms with Gasteiger partial charge < -0.3 is 14.3 Å². The zero-order chi connectivity index (χ0) is 23.8. The molecule has 1 fully saturated rings. The number of benzene rings is 3. The highest BCUT2D eigenvalue weighted by molar-refractivity contribution is 6.52. The lowest BCUT2D eigenvalue weighted by Gasteiger charge is -2.24. The maximum absolute atomic E-state index is 13.4. The first-order valence-corrected chi connectivity index (χ1v) is 11.1. The Balaban J connectivity index is 1.71. The average molecular weight is 453 g/mol. The van der Waals surface area contributed by atoms with Gasteiger partial charge in [-0.1, -0.05) is 36.4 Å². The number of aliphatic hydroxyl groups excluding tert-OH is 1. The minimum absolute atomic E-state index is 0.0172. The number of nitrogens with zero attached hydrogens (tertiary/aromatic N) is 1. The smallest absolute Gasteiger partial charge is 0.300 e. The van der Waals surface area contributed by atoms with Crippen molar-refractivity contribution in [3.05, 3.63) is 102 Å². The Morgan fingerprint density at radius 2 is 1.82 bits per heavy atom. The molecule has 1 aliphatic rings. The predicted molar refractivity (Wildman–Crippen MR) is 130 cm³/mol. The fourth-order valence-electron chi connectivity index (χ4n) is 4.49. The monoisotopic (exact) mass is 453 g/mol. The largest absolute Gasteiger partial charge is 0.507 e. The number of ketones is 1. The second kappa shape index (κ2) is 8.56. The molecule has 4 aromatic rings. The molecule has 34 heavy (non-hydrogen) atoms. The van der Waals surface area contributed by atoms with Crippen molar-refractivity contribution in [2.24, 2.45) is 0 Å². The van der Waals surface area contributed by atoms with E-state index < -0.39 is 17.7 Å². The maximum Gasteiger partial charge on any atom is 0.300 e. The van der Waals surface area contributed by atoms with Crippen LogP contribution in [0.15, 0.2) is 89.0 Å². The van der Waals surface area contributed by atoms with Gasteiger partial charge >= 0.3 is 0 Å². The number of hydrogen-bond acceptors (Lipinski definition) is 5. The van der Waals surface area contributed by atoms with Gasteiger partial charge in [0, 0.05) is 10.9 Å². The molecular formula is C28H23NO5. The van der Waals surface area contributed by atoms with Crippen molar-refractivity contribution in [2.75, 3.05) is 11.5 Å². The van der Waals surface area contributed by atoms with Crippen LogP contribution in [0.3, 0.4) is 0 Å². The van der Waals surface area contributed by atoms with E-state index in [1.54, 1.807) is 36.4 Å². The topological polar surface area (TPSA) is 80.0 Å². The zero-order valence-electron chi connectivity index (χ0n) is 18.8. The van der Waals surface area contributed by atoms with Crippen molar-refractivity contribution in [1.82, 2.24) is 0 Å². The molecule has 6 nitrogen and oxygen atoms in total. The molecule has 0 spiro atoms. The van der Waals surface area contributed by atoms with E-state index in [-0.39, 0.29) is 11.3 Å². The second-order valence-electron chi connectivity index (χ2n) is 8.10. The van der Waals surface area contributed by atoms with Gasteiger partial charge in [-0.15, -0.1) is 0 Å². The number of amides is 1. The van der Waals surface area contributed by atoms with E-state index in [0.29, 0.717) is 29.4 Å². The van der Waals surface area contributed by atoms with Crippen LogP contribution in [0.5, 0.6) is 5.75 Å². The van der Waals surface area contributed by atoms with Gasteiger partial charge in [0.1, 0.15) is 23.3 Å². The van der Waals surface area contributed by atoms with Crippen LogP contribution in [0, 0.1) is 6.92 Å². The number of anilines is 1. The number of rotatable bonds is 5. The maximum atomic E-state index is 13.4. The van der Waals surface area contributed by atoms with Crippen LogP contribution in [-0.2, 0) is 9.59 Å². The molecule has 6 heteroatoms. The third-order valence-corrected chi connectivity index (χ3v) is 6.03. The van der Waals surface area contributed by atoms with Crippen LogP contribution >= 0.6 is 0 Å². The molecule has 1 amide bonds. The highest BCUT2D eigenvalue weighted by Gasteiger charge is 2.48. The highest BCUT2D eigenvalue weighted by Crippen LogP contribution is 2.44. The summed E-state index contributed by atoms with van der Waals surface area (Å²) in [6.07, 6.45) is 1.49. The summed E-state index contributed by atoms with van der Waals surface area (Å²) in [7, 11) is 0. The first-order valence-electron chi connectivity index (χ1n) is 11.1. The molecule has 1 atom stereocenters. The number of ether oxygens (including phenoxy) is 1. The summed E-state index contributed by atoms with van der Waals surface area (Å²) in [6, 6.07) is 20.9.